The Bertz CT molecular complexity index is 411. The Morgan fingerprint density at radius 1 is 1.63 bits per heavy atom. The number of carbonyl (C=O) groups is 1. The molecule has 0 spiro atoms. The summed E-state index contributed by atoms with van der Waals surface area (Å²) in [7, 11) is 0. The fourth-order valence-corrected chi connectivity index (χ4v) is 2.06. The molecule has 19 heavy (non-hydrogen) atoms. The smallest absolute Gasteiger partial charge is 0.410 e. The van der Waals surface area contributed by atoms with Crippen LogP contribution in [0.2, 0.25) is 0 Å². The van der Waals surface area contributed by atoms with Gasteiger partial charge in [-0.05, 0) is 27.2 Å². The lowest BCUT2D eigenvalue weighted by atomic mass is 10.2. The first kappa shape index (κ1) is 13.9. The van der Waals surface area contributed by atoms with Gasteiger partial charge in [0.25, 0.3) is 0 Å². The van der Waals surface area contributed by atoms with Gasteiger partial charge in [-0.3, -0.25) is 5.10 Å². The van der Waals surface area contributed by atoms with E-state index in [0.717, 1.165) is 25.1 Å². The van der Waals surface area contributed by atoms with Crippen LogP contribution in [0.3, 0.4) is 0 Å². The van der Waals surface area contributed by atoms with Crippen LogP contribution in [0.4, 0.5) is 4.79 Å². The van der Waals surface area contributed by atoms with Gasteiger partial charge in [0.2, 0.25) is 0 Å². The maximum atomic E-state index is 11.9. The van der Waals surface area contributed by atoms with E-state index in [2.05, 4.69) is 15.5 Å². The van der Waals surface area contributed by atoms with Crippen LogP contribution in [0.15, 0.2) is 12.4 Å². The number of carbonyl (C=O) groups excluding carboxylic acids is 1. The van der Waals surface area contributed by atoms with Gasteiger partial charge >= 0.3 is 6.09 Å². The highest BCUT2D eigenvalue weighted by Crippen LogP contribution is 2.15. The number of ether oxygens (including phenoxy) is 1. The molecular formula is C13H22N4O2. The monoisotopic (exact) mass is 266 g/mol. The second-order valence-electron chi connectivity index (χ2n) is 5.90. The van der Waals surface area contributed by atoms with Gasteiger partial charge in [0.05, 0.1) is 6.20 Å². The highest BCUT2D eigenvalue weighted by Gasteiger charge is 2.29. The van der Waals surface area contributed by atoms with E-state index in [1.54, 1.807) is 11.1 Å². The molecule has 1 amide bonds. The second kappa shape index (κ2) is 5.61. The van der Waals surface area contributed by atoms with Crippen LogP contribution < -0.4 is 5.32 Å². The van der Waals surface area contributed by atoms with Crippen molar-refractivity contribution in [2.75, 3.05) is 13.1 Å². The first-order valence-corrected chi connectivity index (χ1v) is 6.63. The lowest BCUT2D eigenvalue weighted by Gasteiger charge is -2.24. The van der Waals surface area contributed by atoms with E-state index in [9.17, 15) is 4.79 Å². The molecule has 0 aliphatic carbocycles. The number of nitrogens with one attached hydrogen (secondary N) is 2. The Hall–Kier alpha value is -1.56. The van der Waals surface area contributed by atoms with Crippen LogP contribution in [0.5, 0.6) is 0 Å². The second-order valence-corrected chi connectivity index (χ2v) is 5.90. The maximum Gasteiger partial charge on any atom is 0.410 e. The largest absolute Gasteiger partial charge is 0.444 e. The Morgan fingerprint density at radius 2 is 2.42 bits per heavy atom. The molecular weight excluding hydrogens is 244 g/mol. The van der Waals surface area contributed by atoms with Crippen molar-refractivity contribution in [3.05, 3.63) is 18.0 Å². The zero-order valence-corrected chi connectivity index (χ0v) is 11.8. The van der Waals surface area contributed by atoms with Crippen molar-refractivity contribution < 1.29 is 9.53 Å². The summed E-state index contributed by atoms with van der Waals surface area (Å²) in [4.78, 5) is 13.7. The average Bonchev–Trinajstić information content (AvgIpc) is 2.96. The molecule has 0 radical (unpaired) electrons. The molecule has 0 aromatic carbocycles. The van der Waals surface area contributed by atoms with Gasteiger partial charge in [0.1, 0.15) is 5.60 Å². The quantitative estimate of drug-likeness (QED) is 0.870. The van der Waals surface area contributed by atoms with Gasteiger partial charge in [-0.2, -0.15) is 5.10 Å². The Labute approximate surface area is 113 Å². The highest BCUT2D eigenvalue weighted by molar-refractivity contribution is 5.68. The van der Waals surface area contributed by atoms with Crippen molar-refractivity contribution in [1.82, 2.24) is 20.4 Å². The van der Waals surface area contributed by atoms with Crippen molar-refractivity contribution in [1.29, 1.82) is 0 Å². The van der Waals surface area contributed by atoms with Crippen molar-refractivity contribution in [2.24, 2.45) is 0 Å². The molecule has 1 unspecified atom stereocenters. The molecule has 1 aromatic heterocycles. The van der Waals surface area contributed by atoms with Gasteiger partial charge < -0.3 is 15.0 Å². The van der Waals surface area contributed by atoms with Gasteiger partial charge in [-0.25, -0.2) is 4.79 Å². The van der Waals surface area contributed by atoms with Gasteiger partial charge in [0.15, 0.2) is 0 Å². The van der Waals surface area contributed by atoms with E-state index >= 15 is 0 Å². The molecule has 2 N–H and O–H groups in total. The van der Waals surface area contributed by atoms with E-state index in [1.165, 1.54) is 0 Å². The fraction of sp³-hybridized carbons (Fsp3) is 0.692. The summed E-state index contributed by atoms with van der Waals surface area (Å²) in [5, 5.41) is 10.1. The summed E-state index contributed by atoms with van der Waals surface area (Å²) in [5.74, 6) is 0. The van der Waals surface area contributed by atoms with E-state index in [1.807, 2.05) is 27.0 Å². The molecule has 6 nitrogen and oxygen atoms in total. The predicted octanol–water partition coefficient (Wildman–Crippen LogP) is 1.51. The summed E-state index contributed by atoms with van der Waals surface area (Å²) in [6, 6.07) is 0.322. The predicted molar refractivity (Wildman–Crippen MR) is 71.6 cm³/mol. The van der Waals surface area contributed by atoms with Gasteiger partial charge in [0, 0.05) is 37.4 Å². The van der Waals surface area contributed by atoms with Crippen LogP contribution in [0.25, 0.3) is 0 Å². The molecule has 1 atom stereocenters. The molecule has 1 saturated heterocycles. The summed E-state index contributed by atoms with van der Waals surface area (Å²) in [6.07, 6.45) is 4.40. The highest BCUT2D eigenvalue weighted by atomic mass is 16.6. The zero-order chi connectivity index (χ0) is 13.9. The minimum atomic E-state index is -0.431. The number of rotatable bonds is 3. The third-order valence-corrected chi connectivity index (χ3v) is 2.99. The topological polar surface area (TPSA) is 70.2 Å². The number of likely N-dealkylation sites (tertiary alicyclic amines) is 1. The number of nitrogens with zero attached hydrogens (tertiary/aromatic N) is 2. The molecule has 106 valence electrons. The van der Waals surface area contributed by atoms with Crippen molar-refractivity contribution >= 4 is 6.09 Å². The lowest BCUT2D eigenvalue weighted by Crippen LogP contribution is -2.38. The van der Waals surface area contributed by atoms with Crippen LogP contribution >= 0.6 is 0 Å². The minimum absolute atomic E-state index is 0.222. The number of amides is 1. The van der Waals surface area contributed by atoms with Crippen molar-refractivity contribution in [2.45, 2.75) is 45.4 Å². The maximum absolute atomic E-state index is 11.9. The number of hydrogen-bond acceptors (Lipinski definition) is 4. The van der Waals surface area contributed by atoms with Crippen LogP contribution in [-0.2, 0) is 11.3 Å². The van der Waals surface area contributed by atoms with Gasteiger partial charge in [-0.15, -0.1) is 0 Å². The lowest BCUT2D eigenvalue weighted by molar-refractivity contribution is 0.0291. The molecule has 1 aromatic rings. The van der Waals surface area contributed by atoms with Crippen molar-refractivity contribution in [3.8, 4) is 0 Å². The Balaban J connectivity index is 1.75. The Kier molecular flexibility index (Phi) is 4.09. The molecule has 6 heteroatoms. The number of aromatic nitrogens is 2. The van der Waals surface area contributed by atoms with E-state index in [4.69, 9.17) is 4.74 Å². The third-order valence-electron chi connectivity index (χ3n) is 2.99. The molecule has 0 bridgehead atoms. The summed E-state index contributed by atoms with van der Waals surface area (Å²) >= 11 is 0. The van der Waals surface area contributed by atoms with Gasteiger partial charge in [-0.1, -0.05) is 0 Å². The van der Waals surface area contributed by atoms with Crippen molar-refractivity contribution in [3.63, 3.8) is 0 Å². The fourth-order valence-electron chi connectivity index (χ4n) is 2.06. The summed E-state index contributed by atoms with van der Waals surface area (Å²) in [5.41, 5.74) is 0.690. The first-order valence-electron chi connectivity index (χ1n) is 6.63. The third kappa shape index (κ3) is 4.24. The number of hydrogen-bond donors (Lipinski definition) is 2. The molecule has 2 rings (SSSR count). The number of H-pyrrole nitrogens is 1. The standard InChI is InChI=1S/C13H22N4O2/c1-13(2,3)19-12(18)17-5-4-11(9-17)14-6-10-7-15-16-8-10/h7-8,11,14H,4-6,9H2,1-3H3,(H,15,16). The average molecular weight is 266 g/mol. The van der Waals surface area contributed by atoms with E-state index < -0.39 is 5.60 Å². The van der Waals surface area contributed by atoms with E-state index in [0.29, 0.717) is 12.6 Å². The number of aromatic amines is 1. The Morgan fingerprint density at radius 3 is 3.05 bits per heavy atom. The molecule has 0 saturated carbocycles. The normalized spacial score (nSPS) is 19.7. The van der Waals surface area contributed by atoms with Crippen LogP contribution in [0.1, 0.15) is 32.8 Å². The minimum Gasteiger partial charge on any atom is -0.444 e. The van der Waals surface area contributed by atoms with E-state index in [-0.39, 0.29) is 6.09 Å². The molecule has 1 aliphatic heterocycles. The molecule has 1 aliphatic rings. The SMILES string of the molecule is CC(C)(C)OC(=O)N1CCC(NCc2cn[nH]c2)C1. The van der Waals surface area contributed by atoms with Crippen LogP contribution in [0, 0.1) is 0 Å². The molecule has 2 heterocycles. The zero-order valence-electron chi connectivity index (χ0n) is 11.8. The summed E-state index contributed by atoms with van der Waals surface area (Å²) < 4.78 is 5.36. The molecule has 1 fully saturated rings. The van der Waals surface area contributed by atoms with Crippen LogP contribution in [-0.4, -0.2) is 45.9 Å². The first-order chi connectivity index (χ1) is 8.94. The summed E-state index contributed by atoms with van der Waals surface area (Å²) in [6.45, 7) is 7.87.